The smallest absolute Gasteiger partial charge is 0.282 e. The van der Waals surface area contributed by atoms with Crippen LogP contribution >= 0.6 is 11.8 Å². The highest BCUT2D eigenvalue weighted by Crippen LogP contribution is 2.17. The molecular weight excluding hydrogens is 318 g/mol. The highest BCUT2D eigenvalue weighted by molar-refractivity contribution is 8.13. The number of rotatable bonds is 6. The second kappa shape index (κ2) is 7.87. The first-order valence-electron chi connectivity index (χ1n) is 7.09. The summed E-state index contributed by atoms with van der Waals surface area (Å²) >= 11 is 1.20. The number of likely N-dealkylation sites (N-methyl/N-ethyl adjacent to an activating group) is 1. The zero-order chi connectivity index (χ0) is 16.8. The molecule has 0 aliphatic carbocycles. The van der Waals surface area contributed by atoms with Gasteiger partial charge in [0.1, 0.15) is 12.3 Å². The van der Waals surface area contributed by atoms with E-state index >= 15 is 0 Å². The Bertz CT molecular complexity index is 608. The molecule has 0 aromatic heterocycles. The van der Waals surface area contributed by atoms with Gasteiger partial charge < -0.3 is 19.9 Å². The summed E-state index contributed by atoms with van der Waals surface area (Å²) in [7, 11) is 3.09. The standard InChI is InChI=1S/C15H19N3O4S/c1-17(14(20)10-18-6-7-23-15(18)21)9-13(19)16-11-4-3-5-12(8-11)22-2/h3-5,8H,6-7,9-10H2,1-2H3,(H,16,19). The van der Waals surface area contributed by atoms with Crippen LogP contribution in [-0.4, -0.2) is 66.4 Å². The zero-order valence-corrected chi connectivity index (χ0v) is 13.9. The highest BCUT2D eigenvalue weighted by Gasteiger charge is 2.25. The largest absolute Gasteiger partial charge is 0.497 e. The number of nitrogens with one attached hydrogen (secondary N) is 1. The van der Waals surface area contributed by atoms with Crippen molar-refractivity contribution < 1.29 is 19.1 Å². The van der Waals surface area contributed by atoms with Gasteiger partial charge in [0.15, 0.2) is 0 Å². The number of carbonyl (C=O) groups is 3. The molecule has 3 amide bonds. The summed E-state index contributed by atoms with van der Waals surface area (Å²) in [6.45, 7) is 0.499. The molecule has 1 N–H and O–H groups in total. The van der Waals surface area contributed by atoms with Crippen LogP contribution in [0.2, 0.25) is 0 Å². The minimum atomic E-state index is -0.309. The van der Waals surface area contributed by atoms with Crippen molar-refractivity contribution in [1.29, 1.82) is 0 Å². The van der Waals surface area contributed by atoms with Crippen LogP contribution in [0, 0.1) is 0 Å². The molecular formula is C15H19N3O4S. The Labute approximate surface area is 139 Å². The fourth-order valence-corrected chi connectivity index (χ4v) is 2.88. The quantitative estimate of drug-likeness (QED) is 0.845. The molecule has 0 saturated carbocycles. The first-order chi connectivity index (χ1) is 11.0. The Balaban J connectivity index is 1.83. The van der Waals surface area contributed by atoms with Gasteiger partial charge in [-0.1, -0.05) is 17.8 Å². The molecule has 8 heteroatoms. The van der Waals surface area contributed by atoms with Gasteiger partial charge in [-0.25, -0.2) is 0 Å². The molecule has 1 aliphatic rings. The molecule has 1 aromatic rings. The lowest BCUT2D eigenvalue weighted by Gasteiger charge is -2.20. The molecule has 1 fully saturated rings. The van der Waals surface area contributed by atoms with E-state index in [2.05, 4.69) is 5.32 Å². The lowest BCUT2D eigenvalue weighted by molar-refractivity contribution is -0.133. The molecule has 1 aliphatic heterocycles. The fourth-order valence-electron chi connectivity index (χ4n) is 2.06. The SMILES string of the molecule is COc1cccc(NC(=O)CN(C)C(=O)CN2CCSC2=O)c1. The molecule has 1 saturated heterocycles. The topological polar surface area (TPSA) is 79.0 Å². The van der Waals surface area contributed by atoms with Crippen molar-refractivity contribution in [2.24, 2.45) is 0 Å². The van der Waals surface area contributed by atoms with Crippen molar-refractivity contribution in [2.45, 2.75) is 0 Å². The molecule has 0 spiro atoms. The van der Waals surface area contributed by atoms with Crippen molar-refractivity contribution in [3.05, 3.63) is 24.3 Å². The number of hydrogen-bond acceptors (Lipinski definition) is 5. The van der Waals surface area contributed by atoms with Gasteiger partial charge in [0.25, 0.3) is 5.24 Å². The van der Waals surface area contributed by atoms with Crippen LogP contribution in [0.5, 0.6) is 5.75 Å². The minimum absolute atomic E-state index is 0.00870. The number of thioether (sulfide) groups is 1. The maximum Gasteiger partial charge on any atom is 0.282 e. The Morgan fingerprint density at radius 1 is 1.43 bits per heavy atom. The first kappa shape index (κ1) is 17.1. The molecule has 0 unspecified atom stereocenters. The lowest BCUT2D eigenvalue weighted by Crippen LogP contribution is -2.41. The highest BCUT2D eigenvalue weighted by atomic mass is 32.2. The number of anilines is 1. The monoisotopic (exact) mass is 337 g/mol. The van der Waals surface area contributed by atoms with E-state index in [1.807, 2.05) is 0 Å². The summed E-state index contributed by atoms with van der Waals surface area (Å²) in [5.74, 6) is 0.765. The number of carbonyl (C=O) groups excluding carboxylic acids is 3. The Morgan fingerprint density at radius 3 is 2.87 bits per heavy atom. The number of benzene rings is 1. The van der Waals surface area contributed by atoms with Crippen molar-refractivity contribution in [1.82, 2.24) is 9.80 Å². The van der Waals surface area contributed by atoms with E-state index in [1.165, 1.54) is 21.6 Å². The van der Waals surface area contributed by atoms with Crippen LogP contribution in [-0.2, 0) is 9.59 Å². The van der Waals surface area contributed by atoms with Crippen molar-refractivity contribution in [3.8, 4) is 5.75 Å². The number of hydrogen-bond donors (Lipinski definition) is 1. The number of methoxy groups -OCH3 is 1. The van der Waals surface area contributed by atoms with Crippen LogP contribution in [0.15, 0.2) is 24.3 Å². The summed E-state index contributed by atoms with van der Waals surface area (Å²) in [4.78, 5) is 38.3. The second-order valence-electron chi connectivity index (χ2n) is 5.07. The Hall–Kier alpha value is -2.22. The van der Waals surface area contributed by atoms with E-state index < -0.39 is 0 Å². The molecule has 0 atom stereocenters. The van der Waals surface area contributed by atoms with E-state index in [1.54, 1.807) is 38.4 Å². The Kier molecular flexibility index (Phi) is 5.86. The predicted octanol–water partition coefficient (Wildman–Crippen LogP) is 1.26. The van der Waals surface area contributed by atoms with Crippen LogP contribution in [0.1, 0.15) is 0 Å². The van der Waals surface area contributed by atoms with Crippen LogP contribution in [0.25, 0.3) is 0 Å². The van der Waals surface area contributed by atoms with Gasteiger partial charge in [0, 0.05) is 31.1 Å². The third-order valence-electron chi connectivity index (χ3n) is 3.33. The van der Waals surface area contributed by atoms with Gasteiger partial charge in [-0.05, 0) is 12.1 Å². The van der Waals surface area contributed by atoms with Crippen molar-refractivity contribution >= 4 is 34.5 Å². The van der Waals surface area contributed by atoms with Gasteiger partial charge in [0.2, 0.25) is 11.8 Å². The second-order valence-corrected chi connectivity index (χ2v) is 6.11. The summed E-state index contributed by atoms with van der Waals surface area (Å²) in [6.07, 6.45) is 0. The summed E-state index contributed by atoms with van der Waals surface area (Å²) in [5, 5.41) is 2.62. The molecule has 0 bridgehead atoms. The van der Waals surface area contributed by atoms with Gasteiger partial charge in [-0.15, -0.1) is 0 Å². The van der Waals surface area contributed by atoms with Gasteiger partial charge in [0.05, 0.1) is 13.7 Å². The average Bonchev–Trinajstić information content (AvgIpc) is 2.92. The van der Waals surface area contributed by atoms with Gasteiger partial charge in [-0.2, -0.15) is 0 Å². The predicted molar refractivity (Wildman–Crippen MR) is 88.7 cm³/mol. The van der Waals surface area contributed by atoms with E-state index in [0.29, 0.717) is 23.7 Å². The minimum Gasteiger partial charge on any atom is -0.497 e. The van der Waals surface area contributed by atoms with Gasteiger partial charge >= 0.3 is 0 Å². The lowest BCUT2D eigenvalue weighted by atomic mass is 10.3. The summed E-state index contributed by atoms with van der Waals surface area (Å²) in [6, 6.07) is 6.97. The molecule has 7 nitrogen and oxygen atoms in total. The molecule has 23 heavy (non-hydrogen) atoms. The maximum atomic E-state index is 12.1. The van der Waals surface area contributed by atoms with Crippen molar-refractivity contribution in [3.63, 3.8) is 0 Å². The molecule has 0 radical (unpaired) electrons. The molecule has 1 aromatic carbocycles. The number of nitrogens with zero attached hydrogens (tertiary/aromatic N) is 2. The molecule has 124 valence electrons. The van der Waals surface area contributed by atoms with Crippen LogP contribution in [0.3, 0.4) is 0 Å². The van der Waals surface area contributed by atoms with E-state index in [-0.39, 0.29) is 30.1 Å². The van der Waals surface area contributed by atoms with E-state index in [4.69, 9.17) is 4.74 Å². The zero-order valence-electron chi connectivity index (χ0n) is 13.1. The maximum absolute atomic E-state index is 12.1. The summed E-state index contributed by atoms with van der Waals surface area (Å²) < 4.78 is 5.08. The first-order valence-corrected chi connectivity index (χ1v) is 8.07. The van der Waals surface area contributed by atoms with Crippen molar-refractivity contribution in [2.75, 3.05) is 44.9 Å². The molecule has 1 heterocycles. The fraction of sp³-hybridized carbons (Fsp3) is 0.400. The number of ether oxygens (including phenoxy) is 1. The average molecular weight is 337 g/mol. The third kappa shape index (κ3) is 4.88. The normalized spacial score (nSPS) is 13.8. The van der Waals surface area contributed by atoms with Crippen LogP contribution < -0.4 is 10.1 Å². The molecule has 2 rings (SSSR count). The summed E-state index contributed by atoms with van der Waals surface area (Å²) in [5.41, 5.74) is 0.598. The third-order valence-corrected chi connectivity index (χ3v) is 4.22. The van der Waals surface area contributed by atoms with E-state index in [0.717, 1.165) is 0 Å². The van der Waals surface area contributed by atoms with Gasteiger partial charge in [-0.3, -0.25) is 14.4 Å². The van der Waals surface area contributed by atoms with E-state index in [9.17, 15) is 14.4 Å². The Morgan fingerprint density at radius 2 is 2.22 bits per heavy atom. The number of amides is 3. The van der Waals surface area contributed by atoms with Crippen LogP contribution in [0.4, 0.5) is 10.5 Å².